The zero-order valence-electron chi connectivity index (χ0n) is 13.4. The number of hydrogen-bond acceptors (Lipinski definition) is 3. The summed E-state index contributed by atoms with van der Waals surface area (Å²) < 4.78 is 5.98. The molecule has 3 nitrogen and oxygen atoms in total. The van der Waals surface area contributed by atoms with Gasteiger partial charge in [-0.3, -0.25) is 4.98 Å². The Morgan fingerprint density at radius 3 is 2.25 bits per heavy atom. The third-order valence-electron chi connectivity index (χ3n) is 3.60. The zero-order valence-corrected chi connectivity index (χ0v) is 14.2. The fourth-order valence-corrected chi connectivity index (χ4v) is 2.37. The molecule has 1 heterocycles. The van der Waals surface area contributed by atoms with Gasteiger partial charge in [-0.05, 0) is 29.3 Å². The number of pyridine rings is 1. The van der Waals surface area contributed by atoms with Crippen molar-refractivity contribution in [1.82, 2.24) is 10.3 Å². The number of ether oxygens (including phenoxy) is 1. The summed E-state index contributed by atoms with van der Waals surface area (Å²) >= 11 is 0. The van der Waals surface area contributed by atoms with E-state index in [1.54, 1.807) is 0 Å². The van der Waals surface area contributed by atoms with Crippen molar-refractivity contribution >= 4 is 12.4 Å². The summed E-state index contributed by atoms with van der Waals surface area (Å²) in [7, 11) is 0. The molecule has 2 aromatic carbocycles. The van der Waals surface area contributed by atoms with Gasteiger partial charge in [0.15, 0.2) is 0 Å². The Kier molecular flexibility index (Phi) is 7.27. The summed E-state index contributed by atoms with van der Waals surface area (Å²) in [5, 5.41) is 3.45. The molecule has 3 rings (SSSR count). The van der Waals surface area contributed by atoms with Crippen LogP contribution in [0.1, 0.15) is 16.7 Å². The molecule has 0 unspecified atom stereocenters. The van der Waals surface area contributed by atoms with Crippen molar-refractivity contribution in [3.8, 4) is 5.75 Å². The number of nitrogens with one attached hydrogen (secondary N) is 1. The molecule has 0 aliphatic rings. The molecular formula is C20H21ClN2O. The van der Waals surface area contributed by atoms with E-state index in [0.29, 0.717) is 6.61 Å². The van der Waals surface area contributed by atoms with Crippen LogP contribution in [0.15, 0.2) is 79.1 Å². The molecule has 0 fully saturated rings. The second-order valence-electron chi connectivity index (χ2n) is 5.34. The minimum atomic E-state index is 0. The van der Waals surface area contributed by atoms with Gasteiger partial charge < -0.3 is 10.1 Å². The minimum absolute atomic E-state index is 0. The lowest BCUT2D eigenvalue weighted by Gasteiger charge is -2.12. The van der Waals surface area contributed by atoms with E-state index in [1.807, 2.05) is 60.9 Å². The molecule has 3 aromatic rings. The van der Waals surface area contributed by atoms with Crippen molar-refractivity contribution in [3.63, 3.8) is 0 Å². The quantitative estimate of drug-likeness (QED) is 0.693. The Labute approximate surface area is 149 Å². The van der Waals surface area contributed by atoms with E-state index < -0.39 is 0 Å². The number of aromatic nitrogens is 1. The summed E-state index contributed by atoms with van der Waals surface area (Å²) in [6.45, 7) is 2.17. The normalized spacial score (nSPS) is 10.0. The van der Waals surface area contributed by atoms with E-state index >= 15 is 0 Å². The maximum absolute atomic E-state index is 5.98. The lowest BCUT2D eigenvalue weighted by atomic mass is 10.2. The topological polar surface area (TPSA) is 34.1 Å². The predicted octanol–water partition coefficient (Wildman–Crippen LogP) is 4.37. The van der Waals surface area contributed by atoms with Crippen LogP contribution in [-0.4, -0.2) is 4.98 Å². The maximum Gasteiger partial charge on any atom is 0.124 e. The van der Waals surface area contributed by atoms with Gasteiger partial charge in [0.1, 0.15) is 12.4 Å². The summed E-state index contributed by atoms with van der Waals surface area (Å²) in [6.07, 6.45) is 3.63. The molecule has 0 atom stereocenters. The van der Waals surface area contributed by atoms with E-state index in [0.717, 1.165) is 24.4 Å². The van der Waals surface area contributed by atoms with Crippen LogP contribution >= 0.6 is 12.4 Å². The first-order chi connectivity index (χ1) is 11.4. The van der Waals surface area contributed by atoms with Crippen molar-refractivity contribution in [2.24, 2.45) is 0 Å². The lowest BCUT2D eigenvalue weighted by Crippen LogP contribution is -2.13. The van der Waals surface area contributed by atoms with Gasteiger partial charge in [0.25, 0.3) is 0 Å². The number of para-hydroxylation sites is 1. The number of nitrogens with zero attached hydrogens (tertiary/aromatic N) is 1. The third kappa shape index (κ3) is 5.37. The third-order valence-corrected chi connectivity index (χ3v) is 3.60. The molecule has 1 N–H and O–H groups in total. The standard InChI is InChI=1S/C20H20N2O.ClH/c1-2-6-18(7-3-1)16-23-20-9-5-4-8-19(20)15-22-14-17-10-12-21-13-11-17;/h1-13,22H,14-16H2;1H. The van der Waals surface area contributed by atoms with Gasteiger partial charge in [0.2, 0.25) is 0 Å². The minimum Gasteiger partial charge on any atom is -0.489 e. The van der Waals surface area contributed by atoms with E-state index in [2.05, 4.69) is 28.5 Å². The molecule has 24 heavy (non-hydrogen) atoms. The Hall–Kier alpha value is -2.36. The van der Waals surface area contributed by atoms with Crippen LogP contribution in [0.25, 0.3) is 0 Å². The molecule has 0 spiro atoms. The summed E-state index contributed by atoms with van der Waals surface area (Å²) in [6, 6.07) is 22.4. The summed E-state index contributed by atoms with van der Waals surface area (Å²) in [4.78, 5) is 4.03. The molecule has 0 saturated carbocycles. The van der Waals surface area contributed by atoms with Crippen molar-refractivity contribution < 1.29 is 4.74 Å². The van der Waals surface area contributed by atoms with Crippen LogP contribution < -0.4 is 10.1 Å². The van der Waals surface area contributed by atoms with Crippen LogP contribution in [-0.2, 0) is 19.7 Å². The predicted molar refractivity (Wildman–Crippen MR) is 99.2 cm³/mol. The number of rotatable bonds is 7. The van der Waals surface area contributed by atoms with Gasteiger partial charge in [-0.25, -0.2) is 0 Å². The zero-order chi connectivity index (χ0) is 15.7. The van der Waals surface area contributed by atoms with E-state index in [4.69, 9.17) is 4.74 Å². The fourth-order valence-electron chi connectivity index (χ4n) is 2.37. The fraction of sp³-hybridized carbons (Fsp3) is 0.150. The second-order valence-corrected chi connectivity index (χ2v) is 5.34. The monoisotopic (exact) mass is 340 g/mol. The maximum atomic E-state index is 5.98. The average Bonchev–Trinajstić information content (AvgIpc) is 2.63. The molecule has 0 bridgehead atoms. The van der Waals surface area contributed by atoms with Crippen LogP contribution in [0.5, 0.6) is 5.75 Å². The lowest BCUT2D eigenvalue weighted by molar-refractivity contribution is 0.302. The Bertz CT molecular complexity index is 720. The summed E-state index contributed by atoms with van der Waals surface area (Å²) in [5.41, 5.74) is 3.56. The van der Waals surface area contributed by atoms with Crippen LogP contribution in [0.4, 0.5) is 0 Å². The molecule has 1 aromatic heterocycles. The Morgan fingerprint density at radius 2 is 1.46 bits per heavy atom. The number of benzene rings is 2. The first-order valence-corrected chi connectivity index (χ1v) is 7.76. The SMILES string of the molecule is Cl.c1ccc(COc2ccccc2CNCc2ccncc2)cc1. The number of hydrogen-bond donors (Lipinski definition) is 1. The highest BCUT2D eigenvalue weighted by Gasteiger charge is 2.03. The highest BCUT2D eigenvalue weighted by atomic mass is 35.5. The first kappa shape index (κ1) is 18.0. The molecule has 124 valence electrons. The first-order valence-electron chi connectivity index (χ1n) is 7.76. The Balaban J connectivity index is 0.00000208. The molecule has 0 radical (unpaired) electrons. The van der Waals surface area contributed by atoms with Gasteiger partial charge in [-0.15, -0.1) is 12.4 Å². The van der Waals surface area contributed by atoms with Crippen molar-refractivity contribution in [2.75, 3.05) is 0 Å². The van der Waals surface area contributed by atoms with Crippen molar-refractivity contribution in [2.45, 2.75) is 19.7 Å². The molecule has 0 aliphatic heterocycles. The Morgan fingerprint density at radius 1 is 0.750 bits per heavy atom. The van der Waals surface area contributed by atoms with Crippen LogP contribution in [0.3, 0.4) is 0 Å². The average molecular weight is 341 g/mol. The van der Waals surface area contributed by atoms with Crippen LogP contribution in [0.2, 0.25) is 0 Å². The van der Waals surface area contributed by atoms with E-state index in [9.17, 15) is 0 Å². The van der Waals surface area contributed by atoms with Crippen molar-refractivity contribution in [3.05, 3.63) is 95.8 Å². The van der Waals surface area contributed by atoms with Gasteiger partial charge in [-0.1, -0.05) is 48.5 Å². The van der Waals surface area contributed by atoms with E-state index in [1.165, 1.54) is 11.1 Å². The highest BCUT2D eigenvalue weighted by molar-refractivity contribution is 5.85. The number of halogens is 1. The second kappa shape index (κ2) is 9.71. The molecule has 0 amide bonds. The largest absolute Gasteiger partial charge is 0.489 e. The van der Waals surface area contributed by atoms with Gasteiger partial charge >= 0.3 is 0 Å². The highest BCUT2D eigenvalue weighted by Crippen LogP contribution is 2.19. The molecule has 0 saturated heterocycles. The van der Waals surface area contributed by atoms with Crippen molar-refractivity contribution in [1.29, 1.82) is 0 Å². The van der Waals surface area contributed by atoms with Gasteiger partial charge in [-0.2, -0.15) is 0 Å². The molecule has 0 aliphatic carbocycles. The molecular weight excluding hydrogens is 320 g/mol. The molecule has 4 heteroatoms. The van der Waals surface area contributed by atoms with Gasteiger partial charge in [0, 0.05) is 31.0 Å². The summed E-state index contributed by atoms with van der Waals surface area (Å²) in [5.74, 6) is 0.929. The van der Waals surface area contributed by atoms with E-state index in [-0.39, 0.29) is 12.4 Å². The smallest absolute Gasteiger partial charge is 0.124 e. The van der Waals surface area contributed by atoms with Gasteiger partial charge in [0.05, 0.1) is 0 Å². The van der Waals surface area contributed by atoms with Crippen LogP contribution in [0, 0.1) is 0 Å².